The highest BCUT2D eigenvalue weighted by Crippen LogP contribution is 2.22. The molecule has 0 aromatic carbocycles. The van der Waals surface area contributed by atoms with Crippen LogP contribution < -0.4 is 11.1 Å². The van der Waals surface area contributed by atoms with Gasteiger partial charge in [-0.1, -0.05) is 6.92 Å². The molecule has 1 aliphatic carbocycles. The minimum absolute atomic E-state index is 0.176. The largest absolute Gasteiger partial charge is 0.352 e. The van der Waals surface area contributed by atoms with E-state index in [4.69, 9.17) is 5.73 Å². The molecule has 2 unspecified atom stereocenters. The van der Waals surface area contributed by atoms with Crippen molar-refractivity contribution in [3.05, 3.63) is 0 Å². The Bertz CT molecular complexity index is 253. The van der Waals surface area contributed by atoms with Crippen molar-refractivity contribution < 1.29 is 4.79 Å². The molecule has 16 heavy (non-hydrogen) atoms. The summed E-state index contributed by atoms with van der Waals surface area (Å²) in [5.41, 5.74) is 5.80. The summed E-state index contributed by atoms with van der Waals surface area (Å²) in [6.07, 6.45) is 4.74. The van der Waals surface area contributed by atoms with E-state index in [9.17, 15) is 4.79 Å². The first-order valence-corrected chi connectivity index (χ1v) is 6.44. The van der Waals surface area contributed by atoms with E-state index in [2.05, 4.69) is 17.1 Å². The van der Waals surface area contributed by atoms with Crippen molar-refractivity contribution in [2.24, 2.45) is 11.7 Å². The molecule has 4 nitrogen and oxygen atoms in total. The average Bonchev–Trinajstić information content (AvgIpc) is 3.02. The van der Waals surface area contributed by atoms with Crippen LogP contribution in [-0.2, 0) is 4.79 Å². The van der Waals surface area contributed by atoms with Gasteiger partial charge >= 0.3 is 0 Å². The Hall–Kier alpha value is -0.610. The predicted molar refractivity (Wildman–Crippen MR) is 64.0 cm³/mol. The van der Waals surface area contributed by atoms with Gasteiger partial charge in [0, 0.05) is 18.6 Å². The van der Waals surface area contributed by atoms with Crippen molar-refractivity contribution in [3.63, 3.8) is 0 Å². The summed E-state index contributed by atoms with van der Waals surface area (Å²) in [6.45, 7) is 4.45. The summed E-state index contributed by atoms with van der Waals surface area (Å²) in [5, 5.41) is 3.04. The Morgan fingerprint density at radius 2 is 2.19 bits per heavy atom. The van der Waals surface area contributed by atoms with Crippen molar-refractivity contribution in [1.29, 1.82) is 0 Å². The van der Waals surface area contributed by atoms with Crippen LogP contribution in [0.15, 0.2) is 0 Å². The van der Waals surface area contributed by atoms with Crippen molar-refractivity contribution in [2.45, 2.75) is 44.7 Å². The molecule has 2 aliphatic rings. The molecule has 1 amide bonds. The lowest BCUT2D eigenvalue weighted by molar-refractivity contribution is -0.123. The molecule has 0 aromatic heterocycles. The van der Waals surface area contributed by atoms with Gasteiger partial charge < -0.3 is 11.1 Å². The molecule has 0 spiro atoms. The third kappa shape index (κ3) is 2.95. The normalized spacial score (nSPS) is 31.4. The first kappa shape index (κ1) is 11.9. The number of piperidine rings is 1. The SMILES string of the molecule is CC1CCCN(CC(=O)NC2CC2)C1CN. The zero-order chi connectivity index (χ0) is 11.5. The van der Waals surface area contributed by atoms with Gasteiger partial charge in [-0.2, -0.15) is 0 Å². The molecule has 1 saturated heterocycles. The van der Waals surface area contributed by atoms with Crippen LogP contribution in [0.3, 0.4) is 0 Å². The molecule has 2 fully saturated rings. The maximum Gasteiger partial charge on any atom is 0.234 e. The predicted octanol–water partition coefficient (Wildman–Crippen LogP) is 0.324. The molecule has 2 atom stereocenters. The van der Waals surface area contributed by atoms with E-state index in [0.29, 0.717) is 31.1 Å². The lowest BCUT2D eigenvalue weighted by Crippen LogP contribution is -2.52. The van der Waals surface area contributed by atoms with E-state index in [1.54, 1.807) is 0 Å². The zero-order valence-corrected chi connectivity index (χ0v) is 10.1. The van der Waals surface area contributed by atoms with Gasteiger partial charge in [0.1, 0.15) is 0 Å². The van der Waals surface area contributed by atoms with Crippen molar-refractivity contribution >= 4 is 5.91 Å². The van der Waals surface area contributed by atoms with Crippen LogP contribution in [0.5, 0.6) is 0 Å². The topological polar surface area (TPSA) is 58.4 Å². The van der Waals surface area contributed by atoms with Crippen LogP contribution in [0.1, 0.15) is 32.6 Å². The number of nitrogens with zero attached hydrogens (tertiary/aromatic N) is 1. The smallest absolute Gasteiger partial charge is 0.234 e. The Morgan fingerprint density at radius 3 is 2.81 bits per heavy atom. The maximum atomic E-state index is 11.7. The van der Waals surface area contributed by atoms with Crippen LogP contribution in [0.4, 0.5) is 0 Å². The second-order valence-corrected chi connectivity index (χ2v) is 5.23. The summed E-state index contributed by atoms with van der Waals surface area (Å²) in [7, 11) is 0. The highest BCUT2D eigenvalue weighted by atomic mass is 16.2. The lowest BCUT2D eigenvalue weighted by Gasteiger charge is -2.38. The number of hydrogen-bond acceptors (Lipinski definition) is 3. The molecular formula is C12H23N3O. The van der Waals surface area contributed by atoms with Crippen LogP contribution in [-0.4, -0.2) is 42.5 Å². The fourth-order valence-electron chi connectivity index (χ4n) is 2.60. The van der Waals surface area contributed by atoms with Crippen molar-refractivity contribution in [1.82, 2.24) is 10.2 Å². The van der Waals surface area contributed by atoms with Gasteiger partial charge in [0.2, 0.25) is 5.91 Å². The number of amides is 1. The van der Waals surface area contributed by atoms with E-state index < -0.39 is 0 Å². The number of nitrogens with one attached hydrogen (secondary N) is 1. The number of carbonyl (C=O) groups excluding carboxylic acids is 1. The fraction of sp³-hybridized carbons (Fsp3) is 0.917. The Labute approximate surface area is 97.6 Å². The highest BCUT2D eigenvalue weighted by Gasteiger charge is 2.30. The monoisotopic (exact) mass is 225 g/mol. The molecule has 1 aliphatic heterocycles. The summed E-state index contributed by atoms with van der Waals surface area (Å²) in [5.74, 6) is 0.794. The standard InChI is InChI=1S/C12H23N3O/c1-9-3-2-6-15(11(9)7-13)8-12(16)14-10-4-5-10/h9-11H,2-8,13H2,1H3,(H,14,16). The number of carbonyl (C=O) groups is 1. The first-order chi connectivity index (χ1) is 7.70. The number of hydrogen-bond donors (Lipinski definition) is 2. The summed E-state index contributed by atoms with van der Waals surface area (Å²) < 4.78 is 0. The minimum atomic E-state index is 0.176. The molecule has 1 heterocycles. The van der Waals surface area contributed by atoms with Gasteiger partial charge in [-0.05, 0) is 38.1 Å². The number of nitrogens with two attached hydrogens (primary N) is 1. The van der Waals surface area contributed by atoms with E-state index in [1.165, 1.54) is 12.8 Å². The maximum absolute atomic E-state index is 11.7. The van der Waals surface area contributed by atoms with Crippen molar-refractivity contribution in [2.75, 3.05) is 19.6 Å². The van der Waals surface area contributed by atoms with Crippen LogP contribution in [0.25, 0.3) is 0 Å². The highest BCUT2D eigenvalue weighted by molar-refractivity contribution is 5.78. The van der Waals surface area contributed by atoms with E-state index in [-0.39, 0.29) is 5.91 Å². The molecule has 0 radical (unpaired) electrons. The van der Waals surface area contributed by atoms with E-state index in [0.717, 1.165) is 19.4 Å². The number of likely N-dealkylation sites (tertiary alicyclic amines) is 1. The molecule has 2 rings (SSSR count). The summed E-state index contributed by atoms with van der Waals surface area (Å²) in [4.78, 5) is 14.0. The first-order valence-electron chi connectivity index (χ1n) is 6.44. The van der Waals surface area contributed by atoms with E-state index in [1.807, 2.05) is 0 Å². The molecule has 0 bridgehead atoms. The molecule has 0 aromatic rings. The number of rotatable bonds is 4. The second-order valence-electron chi connectivity index (χ2n) is 5.23. The average molecular weight is 225 g/mol. The van der Waals surface area contributed by atoms with E-state index >= 15 is 0 Å². The third-order valence-electron chi connectivity index (χ3n) is 3.76. The Kier molecular flexibility index (Phi) is 3.82. The lowest BCUT2D eigenvalue weighted by atomic mass is 9.91. The van der Waals surface area contributed by atoms with Crippen LogP contribution in [0, 0.1) is 5.92 Å². The third-order valence-corrected chi connectivity index (χ3v) is 3.76. The molecule has 92 valence electrons. The minimum Gasteiger partial charge on any atom is -0.352 e. The van der Waals surface area contributed by atoms with Gasteiger partial charge in [0.05, 0.1) is 6.54 Å². The van der Waals surface area contributed by atoms with Gasteiger partial charge in [0.25, 0.3) is 0 Å². The Morgan fingerprint density at radius 1 is 1.44 bits per heavy atom. The molecule has 1 saturated carbocycles. The van der Waals surface area contributed by atoms with Crippen molar-refractivity contribution in [3.8, 4) is 0 Å². The van der Waals surface area contributed by atoms with Gasteiger partial charge in [-0.3, -0.25) is 9.69 Å². The van der Waals surface area contributed by atoms with Gasteiger partial charge in [-0.25, -0.2) is 0 Å². The molecule has 4 heteroatoms. The Balaban J connectivity index is 1.83. The second kappa shape index (κ2) is 5.15. The quantitative estimate of drug-likeness (QED) is 0.724. The summed E-state index contributed by atoms with van der Waals surface area (Å²) in [6, 6.07) is 0.852. The molecule has 3 N–H and O–H groups in total. The van der Waals surface area contributed by atoms with Crippen LogP contribution >= 0.6 is 0 Å². The molecular weight excluding hydrogens is 202 g/mol. The summed E-state index contributed by atoms with van der Waals surface area (Å²) >= 11 is 0. The zero-order valence-electron chi connectivity index (χ0n) is 10.1. The van der Waals surface area contributed by atoms with Crippen LogP contribution in [0.2, 0.25) is 0 Å². The van der Waals surface area contributed by atoms with Gasteiger partial charge in [0.15, 0.2) is 0 Å². The van der Waals surface area contributed by atoms with Gasteiger partial charge in [-0.15, -0.1) is 0 Å². The fourth-order valence-corrected chi connectivity index (χ4v) is 2.60.